The highest BCUT2D eigenvalue weighted by atomic mass is 32.2. The van der Waals surface area contributed by atoms with Gasteiger partial charge in [0, 0.05) is 30.1 Å². The van der Waals surface area contributed by atoms with E-state index in [-0.39, 0.29) is 5.91 Å². The van der Waals surface area contributed by atoms with Gasteiger partial charge in [0.05, 0.1) is 13.2 Å². The number of aromatic nitrogens is 2. The van der Waals surface area contributed by atoms with Crippen molar-refractivity contribution in [1.29, 1.82) is 0 Å². The summed E-state index contributed by atoms with van der Waals surface area (Å²) in [5.74, 6) is 0.632. The van der Waals surface area contributed by atoms with Crippen LogP contribution < -0.4 is 10.2 Å². The molecule has 6 nitrogen and oxygen atoms in total. The van der Waals surface area contributed by atoms with Crippen LogP contribution in [0.15, 0.2) is 58.9 Å². The van der Waals surface area contributed by atoms with Crippen LogP contribution in [0.5, 0.6) is 0 Å². The zero-order valence-electron chi connectivity index (χ0n) is 15.2. The summed E-state index contributed by atoms with van der Waals surface area (Å²) >= 11 is 3.24. The second-order valence-electron chi connectivity index (χ2n) is 6.26. The number of para-hydroxylation sites is 1. The molecule has 1 N–H and O–H groups in total. The highest BCUT2D eigenvalue weighted by molar-refractivity contribution is 8.00. The SMILES string of the molecule is O=C(Nc1ccccc1)c1cccc(CSc2nnc(N3CCOCC3)s2)c1. The third-order valence-electron chi connectivity index (χ3n) is 4.26. The lowest BCUT2D eigenvalue weighted by atomic mass is 10.1. The van der Waals surface area contributed by atoms with Crippen molar-refractivity contribution in [2.45, 2.75) is 10.1 Å². The highest BCUT2D eigenvalue weighted by Gasteiger charge is 2.16. The van der Waals surface area contributed by atoms with Gasteiger partial charge >= 0.3 is 0 Å². The summed E-state index contributed by atoms with van der Waals surface area (Å²) in [5.41, 5.74) is 2.51. The molecule has 4 rings (SSSR count). The summed E-state index contributed by atoms with van der Waals surface area (Å²) < 4.78 is 6.31. The molecule has 2 aromatic carbocycles. The molecule has 0 radical (unpaired) electrons. The summed E-state index contributed by atoms with van der Waals surface area (Å²) in [5, 5.41) is 12.5. The average molecular weight is 413 g/mol. The van der Waals surface area contributed by atoms with Gasteiger partial charge in [-0.2, -0.15) is 0 Å². The fourth-order valence-corrected chi connectivity index (χ4v) is 4.65. The van der Waals surface area contributed by atoms with Gasteiger partial charge in [0.25, 0.3) is 5.91 Å². The van der Waals surface area contributed by atoms with Crippen molar-refractivity contribution >= 4 is 39.8 Å². The van der Waals surface area contributed by atoms with Crippen LogP contribution in [0.25, 0.3) is 0 Å². The van der Waals surface area contributed by atoms with Crippen LogP contribution in [-0.2, 0) is 10.5 Å². The van der Waals surface area contributed by atoms with Crippen molar-refractivity contribution in [2.24, 2.45) is 0 Å². The van der Waals surface area contributed by atoms with Crippen LogP contribution in [-0.4, -0.2) is 42.4 Å². The van der Waals surface area contributed by atoms with Crippen LogP contribution in [0, 0.1) is 0 Å². The van der Waals surface area contributed by atoms with E-state index < -0.39 is 0 Å². The number of ether oxygens (including phenoxy) is 1. The van der Waals surface area contributed by atoms with E-state index in [1.165, 1.54) is 0 Å². The Kier molecular flexibility index (Phi) is 6.20. The summed E-state index contributed by atoms with van der Waals surface area (Å²) in [4.78, 5) is 14.7. The zero-order chi connectivity index (χ0) is 19.2. The van der Waals surface area contributed by atoms with E-state index in [0.717, 1.165) is 52.8 Å². The summed E-state index contributed by atoms with van der Waals surface area (Å²) in [7, 11) is 0. The molecule has 1 saturated heterocycles. The number of hydrogen-bond acceptors (Lipinski definition) is 7. The van der Waals surface area contributed by atoms with E-state index >= 15 is 0 Å². The predicted octanol–water partition coefficient (Wildman–Crippen LogP) is 3.92. The van der Waals surface area contributed by atoms with Crippen molar-refractivity contribution in [3.05, 3.63) is 65.7 Å². The molecule has 0 bridgehead atoms. The second-order valence-corrected chi connectivity index (χ2v) is 8.44. The number of anilines is 2. The predicted molar refractivity (Wildman–Crippen MR) is 113 cm³/mol. The quantitative estimate of drug-likeness (QED) is 0.619. The number of amides is 1. The molecule has 144 valence electrons. The molecule has 3 aromatic rings. The number of morpholine rings is 1. The van der Waals surface area contributed by atoms with E-state index in [2.05, 4.69) is 20.4 Å². The Labute approximate surface area is 171 Å². The van der Waals surface area contributed by atoms with Crippen molar-refractivity contribution in [3.63, 3.8) is 0 Å². The van der Waals surface area contributed by atoms with Crippen molar-refractivity contribution < 1.29 is 9.53 Å². The molecule has 1 aliphatic rings. The monoisotopic (exact) mass is 412 g/mol. The Bertz CT molecular complexity index is 927. The lowest BCUT2D eigenvalue weighted by Crippen LogP contribution is -2.36. The lowest BCUT2D eigenvalue weighted by Gasteiger charge is -2.25. The van der Waals surface area contributed by atoms with Gasteiger partial charge in [-0.1, -0.05) is 53.4 Å². The molecule has 1 aliphatic heterocycles. The number of carbonyl (C=O) groups is 1. The normalized spacial score (nSPS) is 14.1. The Morgan fingerprint density at radius 1 is 1.11 bits per heavy atom. The molecule has 0 aliphatic carbocycles. The van der Waals surface area contributed by atoms with Crippen molar-refractivity contribution in [1.82, 2.24) is 10.2 Å². The number of nitrogens with zero attached hydrogens (tertiary/aromatic N) is 3. The number of thioether (sulfide) groups is 1. The molecule has 28 heavy (non-hydrogen) atoms. The van der Waals surface area contributed by atoms with E-state index in [0.29, 0.717) is 5.56 Å². The van der Waals surface area contributed by atoms with Crippen LogP contribution in [0.4, 0.5) is 10.8 Å². The standard InChI is InChI=1S/C20H20N4O2S2/c25-18(21-17-7-2-1-3-8-17)16-6-4-5-15(13-16)14-27-20-23-22-19(28-20)24-9-11-26-12-10-24/h1-8,13H,9-12,14H2,(H,21,25). The van der Waals surface area contributed by atoms with Gasteiger partial charge < -0.3 is 15.0 Å². The second kappa shape index (κ2) is 9.18. The van der Waals surface area contributed by atoms with Gasteiger partial charge in [-0.25, -0.2) is 0 Å². The van der Waals surface area contributed by atoms with Crippen LogP contribution in [0.2, 0.25) is 0 Å². The number of benzene rings is 2. The minimum Gasteiger partial charge on any atom is -0.378 e. The first kappa shape index (κ1) is 18.9. The summed E-state index contributed by atoms with van der Waals surface area (Å²) in [6.07, 6.45) is 0. The van der Waals surface area contributed by atoms with Crippen molar-refractivity contribution in [2.75, 3.05) is 36.5 Å². The van der Waals surface area contributed by atoms with Crippen LogP contribution in [0.3, 0.4) is 0 Å². The zero-order valence-corrected chi connectivity index (χ0v) is 16.8. The Hall–Kier alpha value is -2.42. The van der Waals surface area contributed by atoms with E-state index in [9.17, 15) is 4.79 Å². The third-order valence-corrected chi connectivity index (χ3v) is 6.45. The smallest absolute Gasteiger partial charge is 0.255 e. The maximum absolute atomic E-state index is 12.5. The summed E-state index contributed by atoms with van der Waals surface area (Å²) in [6.45, 7) is 3.19. The number of carbonyl (C=O) groups excluding carboxylic acids is 1. The first-order valence-electron chi connectivity index (χ1n) is 9.02. The Morgan fingerprint density at radius 2 is 1.93 bits per heavy atom. The van der Waals surface area contributed by atoms with Gasteiger partial charge in [0.2, 0.25) is 5.13 Å². The number of rotatable bonds is 6. The fraction of sp³-hybridized carbons (Fsp3) is 0.250. The molecular weight excluding hydrogens is 392 g/mol. The fourth-order valence-electron chi connectivity index (χ4n) is 2.82. The molecule has 1 fully saturated rings. The molecule has 0 atom stereocenters. The first-order valence-corrected chi connectivity index (χ1v) is 10.8. The van der Waals surface area contributed by atoms with Crippen molar-refractivity contribution in [3.8, 4) is 0 Å². The molecule has 8 heteroatoms. The minimum absolute atomic E-state index is 0.108. The molecule has 1 amide bonds. The third kappa shape index (κ3) is 4.89. The minimum atomic E-state index is -0.108. The molecular formula is C20H20N4O2S2. The molecule has 1 aromatic heterocycles. The highest BCUT2D eigenvalue weighted by Crippen LogP contribution is 2.30. The van der Waals surface area contributed by atoms with E-state index in [1.807, 2.05) is 54.6 Å². The average Bonchev–Trinajstić information content (AvgIpc) is 3.23. The van der Waals surface area contributed by atoms with Gasteiger partial charge in [0.1, 0.15) is 0 Å². The number of nitrogens with one attached hydrogen (secondary N) is 1. The molecule has 0 unspecified atom stereocenters. The van der Waals surface area contributed by atoms with Gasteiger partial charge in [-0.3, -0.25) is 4.79 Å². The van der Waals surface area contributed by atoms with E-state index in [1.54, 1.807) is 23.1 Å². The maximum Gasteiger partial charge on any atom is 0.255 e. The van der Waals surface area contributed by atoms with Gasteiger partial charge in [-0.15, -0.1) is 10.2 Å². The topological polar surface area (TPSA) is 67.4 Å². The molecule has 2 heterocycles. The molecule has 0 saturated carbocycles. The van der Waals surface area contributed by atoms with Crippen LogP contribution in [0.1, 0.15) is 15.9 Å². The van der Waals surface area contributed by atoms with Gasteiger partial charge in [0.15, 0.2) is 4.34 Å². The van der Waals surface area contributed by atoms with Gasteiger partial charge in [-0.05, 0) is 29.8 Å². The van der Waals surface area contributed by atoms with E-state index in [4.69, 9.17) is 4.74 Å². The molecule has 0 spiro atoms. The van der Waals surface area contributed by atoms with Crippen LogP contribution >= 0.6 is 23.1 Å². The Morgan fingerprint density at radius 3 is 2.75 bits per heavy atom. The summed E-state index contributed by atoms with van der Waals surface area (Å²) in [6, 6.07) is 17.2. The number of hydrogen-bond donors (Lipinski definition) is 1. The largest absolute Gasteiger partial charge is 0.378 e. The Balaban J connectivity index is 1.36. The first-order chi connectivity index (χ1) is 13.8. The lowest BCUT2D eigenvalue weighted by molar-refractivity contribution is 0.102. The maximum atomic E-state index is 12.5.